The first-order valence-electron chi connectivity index (χ1n) is 5.93. The standard InChI is InChI=1S/C13H18N2O4/c1-8-3-4-10(9(2)7-8)15-13(19)14-6-5-11(16)12(17)18/h3-4,7,11,16H,5-6H2,1-2H3,(H,17,18)(H2,14,15,19). The molecule has 1 atom stereocenters. The molecule has 0 bridgehead atoms. The fourth-order valence-electron chi connectivity index (χ4n) is 1.57. The Balaban J connectivity index is 2.41. The maximum Gasteiger partial charge on any atom is 0.332 e. The van der Waals surface area contributed by atoms with Crippen LogP contribution in [0.4, 0.5) is 10.5 Å². The second-order valence-corrected chi connectivity index (χ2v) is 4.34. The van der Waals surface area contributed by atoms with Crippen LogP contribution in [0.2, 0.25) is 0 Å². The number of carbonyl (C=O) groups is 2. The predicted octanol–water partition coefficient (Wildman–Crippen LogP) is 1.26. The number of aryl methyl sites for hydroxylation is 2. The van der Waals surface area contributed by atoms with E-state index in [1.165, 1.54) is 0 Å². The molecule has 1 aromatic rings. The van der Waals surface area contributed by atoms with Gasteiger partial charge in [0.1, 0.15) is 0 Å². The lowest BCUT2D eigenvalue weighted by atomic mass is 10.1. The van der Waals surface area contributed by atoms with Crippen LogP contribution in [0.1, 0.15) is 17.5 Å². The summed E-state index contributed by atoms with van der Waals surface area (Å²) in [6.45, 7) is 3.94. The van der Waals surface area contributed by atoms with Crippen LogP contribution in [0.25, 0.3) is 0 Å². The maximum absolute atomic E-state index is 11.5. The number of carbonyl (C=O) groups excluding carboxylic acids is 1. The number of hydrogen-bond acceptors (Lipinski definition) is 3. The second-order valence-electron chi connectivity index (χ2n) is 4.34. The molecule has 1 rings (SSSR count). The summed E-state index contributed by atoms with van der Waals surface area (Å²) in [6.07, 6.45) is -1.49. The van der Waals surface area contributed by atoms with Crippen molar-refractivity contribution >= 4 is 17.7 Å². The van der Waals surface area contributed by atoms with Gasteiger partial charge in [-0.1, -0.05) is 17.7 Å². The van der Waals surface area contributed by atoms with E-state index in [4.69, 9.17) is 10.2 Å². The van der Waals surface area contributed by atoms with Gasteiger partial charge in [0.2, 0.25) is 0 Å². The van der Waals surface area contributed by atoms with Crippen LogP contribution in [-0.2, 0) is 4.79 Å². The largest absolute Gasteiger partial charge is 0.479 e. The molecule has 6 heteroatoms. The molecule has 1 aromatic carbocycles. The van der Waals surface area contributed by atoms with Crippen molar-refractivity contribution in [2.75, 3.05) is 11.9 Å². The third-order valence-corrected chi connectivity index (χ3v) is 2.62. The Bertz CT molecular complexity index is 474. The summed E-state index contributed by atoms with van der Waals surface area (Å²) in [7, 11) is 0. The summed E-state index contributed by atoms with van der Waals surface area (Å²) in [4.78, 5) is 21.9. The van der Waals surface area contributed by atoms with Gasteiger partial charge in [-0.25, -0.2) is 9.59 Å². The van der Waals surface area contributed by atoms with E-state index in [1.807, 2.05) is 26.0 Å². The van der Waals surface area contributed by atoms with Crippen molar-refractivity contribution in [2.24, 2.45) is 0 Å². The molecule has 0 aromatic heterocycles. The zero-order valence-electron chi connectivity index (χ0n) is 10.9. The van der Waals surface area contributed by atoms with Gasteiger partial charge < -0.3 is 20.8 Å². The van der Waals surface area contributed by atoms with Crippen molar-refractivity contribution < 1.29 is 19.8 Å². The Morgan fingerprint density at radius 2 is 2.00 bits per heavy atom. The van der Waals surface area contributed by atoms with Gasteiger partial charge in [0.05, 0.1) is 0 Å². The minimum Gasteiger partial charge on any atom is -0.479 e. The van der Waals surface area contributed by atoms with E-state index >= 15 is 0 Å². The SMILES string of the molecule is Cc1ccc(NC(=O)NCCC(O)C(=O)O)c(C)c1. The highest BCUT2D eigenvalue weighted by molar-refractivity contribution is 5.90. The third kappa shape index (κ3) is 4.97. The van der Waals surface area contributed by atoms with Crippen molar-refractivity contribution in [1.29, 1.82) is 0 Å². The fraction of sp³-hybridized carbons (Fsp3) is 0.385. The Morgan fingerprint density at radius 1 is 1.32 bits per heavy atom. The van der Waals surface area contributed by atoms with Gasteiger partial charge in [-0.05, 0) is 25.5 Å². The van der Waals surface area contributed by atoms with E-state index in [0.717, 1.165) is 11.1 Å². The van der Waals surface area contributed by atoms with Crippen molar-refractivity contribution in [2.45, 2.75) is 26.4 Å². The zero-order valence-corrected chi connectivity index (χ0v) is 10.9. The molecular weight excluding hydrogens is 248 g/mol. The van der Waals surface area contributed by atoms with Gasteiger partial charge in [0, 0.05) is 18.7 Å². The first kappa shape index (κ1) is 15.0. The number of nitrogens with one attached hydrogen (secondary N) is 2. The number of aliphatic hydroxyl groups excluding tert-OH is 1. The van der Waals surface area contributed by atoms with E-state index in [-0.39, 0.29) is 13.0 Å². The predicted molar refractivity (Wildman–Crippen MR) is 71.2 cm³/mol. The van der Waals surface area contributed by atoms with Crippen molar-refractivity contribution in [1.82, 2.24) is 5.32 Å². The number of hydrogen-bond donors (Lipinski definition) is 4. The summed E-state index contributed by atoms with van der Waals surface area (Å²) >= 11 is 0. The lowest BCUT2D eigenvalue weighted by Gasteiger charge is -2.11. The smallest absolute Gasteiger partial charge is 0.332 e. The lowest BCUT2D eigenvalue weighted by Crippen LogP contribution is -2.33. The molecule has 2 amide bonds. The van der Waals surface area contributed by atoms with Gasteiger partial charge >= 0.3 is 12.0 Å². The molecular formula is C13H18N2O4. The van der Waals surface area contributed by atoms with Crippen LogP contribution in [0, 0.1) is 13.8 Å². The first-order chi connectivity index (χ1) is 8.90. The number of urea groups is 1. The number of aliphatic hydroxyl groups is 1. The average Bonchev–Trinajstić information content (AvgIpc) is 2.32. The molecule has 104 valence electrons. The van der Waals surface area contributed by atoms with Crippen LogP contribution in [0.5, 0.6) is 0 Å². The Labute approximate surface area is 111 Å². The van der Waals surface area contributed by atoms with Gasteiger partial charge in [-0.2, -0.15) is 0 Å². The number of carboxylic acids is 1. The molecule has 1 unspecified atom stereocenters. The molecule has 4 N–H and O–H groups in total. The molecule has 0 saturated carbocycles. The van der Waals surface area contributed by atoms with Crippen LogP contribution < -0.4 is 10.6 Å². The lowest BCUT2D eigenvalue weighted by molar-refractivity contribution is -0.146. The highest BCUT2D eigenvalue weighted by atomic mass is 16.4. The monoisotopic (exact) mass is 266 g/mol. The highest BCUT2D eigenvalue weighted by Crippen LogP contribution is 2.15. The summed E-state index contributed by atoms with van der Waals surface area (Å²) in [5, 5.41) is 22.6. The van der Waals surface area contributed by atoms with Gasteiger partial charge in [0.15, 0.2) is 6.10 Å². The quantitative estimate of drug-likeness (QED) is 0.644. The third-order valence-electron chi connectivity index (χ3n) is 2.62. The van der Waals surface area contributed by atoms with Crippen molar-refractivity contribution in [3.05, 3.63) is 29.3 Å². The van der Waals surface area contributed by atoms with Crippen LogP contribution in [-0.4, -0.2) is 34.9 Å². The summed E-state index contributed by atoms with van der Waals surface area (Å²) in [5.74, 6) is -1.29. The molecule has 0 fully saturated rings. The average molecular weight is 266 g/mol. The highest BCUT2D eigenvalue weighted by Gasteiger charge is 2.12. The normalized spacial score (nSPS) is 11.7. The molecule has 0 aliphatic rings. The maximum atomic E-state index is 11.5. The number of aliphatic carboxylic acids is 1. The van der Waals surface area contributed by atoms with Crippen LogP contribution in [0.15, 0.2) is 18.2 Å². The van der Waals surface area contributed by atoms with Gasteiger partial charge in [-0.15, -0.1) is 0 Å². The second kappa shape index (κ2) is 6.75. The van der Waals surface area contributed by atoms with E-state index < -0.39 is 18.1 Å². The number of rotatable bonds is 5. The van der Waals surface area contributed by atoms with Crippen LogP contribution >= 0.6 is 0 Å². The molecule has 19 heavy (non-hydrogen) atoms. The van der Waals surface area contributed by atoms with Crippen molar-refractivity contribution in [3.63, 3.8) is 0 Å². The minimum atomic E-state index is -1.46. The minimum absolute atomic E-state index is 0.0321. The van der Waals surface area contributed by atoms with E-state index in [0.29, 0.717) is 5.69 Å². The van der Waals surface area contributed by atoms with Gasteiger partial charge in [-0.3, -0.25) is 0 Å². The van der Waals surface area contributed by atoms with Crippen molar-refractivity contribution in [3.8, 4) is 0 Å². The van der Waals surface area contributed by atoms with Gasteiger partial charge in [0.25, 0.3) is 0 Å². The fourth-order valence-corrected chi connectivity index (χ4v) is 1.57. The molecule has 6 nitrogen and oxygen atoms in total. The molecule has 0 aliphatic heterocycles. The Morgan fingerprint density at radius 3 is 2.58 bits per heavy atom. The molecule has 0 saturated heterocycles. The molecule has 0 heterocycles. The Hall–Kier alpha value is -2.08. The van der Waals surface area contributed by atoms with E-state index in [9.17, 15) is 9.59 Å². The number of carboxylic acid groups (broad SMARTS) is 1. The summed E-state index contributed by atoms with van der Waals surface area (Å²) in [5.41, 5.74) is 2.75. The zero-order chi connectivity index (χ0) is 14.4. The Kier molecular flexibility index (Phi) is 5.32. The van der Waals surface area contributed by atoms with Crippen LogP contribution in [0.3, 0.4) is 0 Å². The molecule has 0 radical (unpaired) electrons. The molecule has 0 aliphatic carbocycles. The summed E-state index contributed by atoms with van der Waals surface area (Å²) in [6, 6.07) is 5.21. The number of anilines is 1. The van der Waals surface area contributed by atoms with E-state index in [1.54, 1.807) is 6.07 Å². The topological polar surface area (TPSA) is 98.7 Å². The number of benzene rings is 1. The molecule has 0 spiro atoms. The first-order valence-corrected chi connectivity index (χ1v) is 5.93. The van der Waals surface area contributed by atoms with E-state index in [2.05, 4.69) is 10.6 Å². The number of amides is 2. The summed E-state index contributed by atoms with van der Waals surface area (Å²) < 4.78 is 0.